The van der Waals surface area contributed by atoms with Crippen LogP contribution >= 0.6 is 0 Å². The van der Waals surface area contributed by atoms with Crippen LogP contribution < -0.4 is 5.48 Å². The summed E-state index contributed by atoms with van der Waals surface area (Å²) in [6.07, 6.45) is 0. The van der Waals surface area contributed by atoms with E-state index in [0.29, 0.717) is 23.0 Å². The molecule has 0 aliphatic rings. The zero-order valence-electron chi connectivity index (χ0n) is 7.25. The predicted octanol–water partition coefficient (Wildman–Crippen LogP) is 1.32. The van der Waals surface area contributed by atoms with Crippen molar-refractivity contribution in [1.82, 2.24) is 10.6 Å². The normalized spacial score (nSPS) is 11.8. The Morgan fingerprint density at radius 1 is 1.58 bits per heavy atom. The van der Waals surface area contributed by atoms with Crippen LogP contribution in [0.1, 0.15) is 18.4 Å². The van der Waals surface area contributed by atoms with Crippen LogP contribution in [0.2, 0.25) is 0 Å². The summed E-state index contributed by atoms with van der Waals surface area (Å²) in [5.41, 5.74) is 3.31. The first-order chi connectivity index (χ1) is 5.65. The maximum absolute atomic E-state index is 8.48. The summed E-state index contributed by atoms with van der Waals surface area (Å²) in [6.45, 7) is 5.20. The average Bonchev–Trinajstić information content (AvgIpc) is 2.35. The van der Waals surface area contributed by atoms with E-state index in [0.717, 1.165) is 0 Å². The van der Waals surface area contributed by atoms with E-state index < -0.39 is 0 Å². The maximum Gasteiger partial charge on any atom is 0.159 e. The van der Waals surface area contributed by atoms with Gasteiger partial charge in [-0.25, -0.2) is 4.99 Å². The van der Waals surface area contributed by atoms with Crippen LogP contribution in [0.15, 0.2) is 9.52 Å². The van der Waals surface area contributed by atoms with Gasteiger partial charge in [-0.1, -0.05) is 5.16 Å². The van der Waals surface area contributed by atoms with Gasteiger partial charge in [-0.2, -0.15) is 0 Å². The smallest absolute Gasteiger partial charge is 0.159 e. The number of aromatic nitrogens is 1. The van der Waals surface area contributed by atoms with Gasteiger partial charge in [0.1, 0.15) is 17.2 Å². The van der Waals surface area contributed by atoms with Crippen LogP contribution in [-0.4, -0.2) is 16.2 Å². The van der Waals surface area contributed by atoms with Gasteiger partial charge in [-0.3, -0.25) is 10.7 Å². The highest BCUT2D eigenvalue weighted by molar-refractivity contribution is 5.81. The number of hydroxylamine groups is 1. The Balaban J connectivity index is 3.02. The highest BCUT2D eigenvalue weighted by atomic mass is 16.5. The monoisotopic (exact) mass is 169 g/mol. The third-order valence-corrected chi connectivity index (χ3v) is 1.44. The molecule has 2 N–H and O–H groups in total. The lowest BCUT2D eigenvalue weighted by molar-refractivity contribution is 0.234. The molecule has 1 aromatic heterocycles. The highest BCUT2D eigenvalue weighted by Gasteiger charge is 2.06. The van der Waals surface area contributed by atoms with Gasteiger partial charge in [0.2, 0.25) is 0 Å². The predicted molar refractivity (Wildman–Crippen MR) is 43.7 cm³/mol. The number of nitrogens with one attached hydrogen (secondary N) is 1. The molecule has 12 heavy (non-hydrogen) atoms. The van der Waals surface area contributed by atoms with E-state index in [2.05, 4.69) is 10.1 Å². The number of nitrogens with zero attached hydrogens (tertiary/aromatic N) is 2. The van der Waals surface area contributed by atoms with E-state index in [4.69, 9.17) is 9.73 Å². The summed E-state index contributed by atoms with van der Waals surface area (Å²) in [5.74, 6) is 1.05. The molecule has 0 saturated carbocycles. The van der Waals surface area contributed by atoms with E-state index in [1.807, 2.05) is 5.48 Å². The molecular formula is C7H11N3O2. The second-order valence-electron chi connectivity index (χ2n) is 2.48. The fourth-order valence-corrected chi connectivity index (χ4v) is 0.830. The molecule has 0 saturated heterocycles. The molecule has 1 rings (SSSR count). The topological polar surface area (TPSA) is 70.7 Å². The molecule has 0 aromatic carbocycles. The minimum Gasteiger partial charge on any atom is -0.359 e. The fraction of sp³-hybridized carbons (Fsp3) is 0.429. The third-order valence-electron chi connectivity index (χ3n) is 1.44. The second-order valence-corrected chi connectivity index (χ2v) is 2.48. The lowest BCUT2D eigenvalue weighted by Crippen LogP contribution is -2.13. The molecule has 0 fully saturated rings. The lowest BCUT2D eigenvalue weighted by Gasteiger charge is -1.95. The lowest BCUT2D eigenvalue weighted by atomic mass is 10.3. The van der Waals surface area contributed by atoms with Crippen LogP contribution in [0.5, 0.6) is 0 Å². The van der Waals surface area contributed by atoms with Crippen LogP contribution in [0.4, 0.5) is 5.69 Å². The minimum absolute atomic E-state index is 0.407. The van der Waals surface area contributed by atoms with Gasteiger partial charge in [0.05, 0.1) is 0 Å². The van der Waals surface area contributed by atoms with Gasteiger partial charge in [-0.15, -0.1) is 0 Å². The van der Waals surface area contributed by atoms with Gasteiger partial charge < -0.3 is 4.52 Å². The van der Waals surface area contributed by atoms with E-state index in [1.165, 1.54) is 0 Å². The Hall–Kier alpha value is -1.36. The maximum atomic E-state index is 8.48. The highest BCUT2D eigenvalue weighted by Crippen LogP contribution is 2.21. The molecule has 0 aliphatic carbocycles. The van der Waals surface area contributed by atoms with Crippen molar-refractivity contribution < 1.29 is 9.73 Å². The number of amidine groups is 1. The molecule has 0 radical (unpaired) electrons. The Kier molecular flexibility index (Phi) is 2.44. The first kappa shape index (κ1) is 8.73. The zero-order valence-corrected chi connectivity index (χ0v) is 7.25. The van der Waals surface area contributed by atoms with Gasteiger partial charge in [0, 0.05) is 0 Å². The first-order valence-electron chi connectivity index (χ1n) is 3.53. The van der Waals surface area contributed by atoms with Crippen LogP contribution in [-0.2, 0) is 0 Å². The zero-order chi connectivity index (χ0) is 9.14. The number of hydrogen-bond donors (Lipinski definition) is 2. The summed E-state index contributed by atoms with van der Waals surface area (Å²) < 4.78 is 4.87. The first-order valence-corrected chi connectivity index (χ1v) is 3.53. The average molecular weight is 169 g/mol. The fourth-order valence-electron chi connectivity index (χ4n) is 0.830. The molecule has 5 nitrogen and oxygen atoms in total. The van der Waals surface area contributed by atoms with Crippen LogP contribution in [0, 0.1) is 13.8 Å². The van der Waals surface area contributed by atoms with Crippen molar-refractivity contribution in [2.45, 2.75) is 20.8 Å². The number of aliphatic imine (C=N–C) groups is 1. The molecule has 0 aliphatic heterocycles. The van der Waals surface area contributed by atoms with Crippen molar-refractivity contribution in [3.63, 3.8) is 0 Å². The molecule has 0 unspecified atom stereocenters. The Labute approximate surface area is 70.0 Å². The van der Waals surface area contributed by atoms with Gasteiger partial charge in [-0.05, 0) is 20.8 Å². The molecular weight excluding hydrogens is 158 g/mol. The molecule has 0 atom stereocenters. The van der Waals surface area contributed by atoms with Crippen molar-refractivity contribution in [2.24, 2.45) is 4.99 Å². The molecule has 5 heteroatoms. The number of aryl methyl sites for hydroxylation is 2. The molecule has 1 aromatic rings. The van der Waals surface area contributed by atoms with Gasteiger partial charge in [0.15, 0.2) is 5.76 Å². The van der Waals surface area contributed by atoms with E-state index in [1.54, 1.807) is 20.8 Å². The number of hydrogen-bond acceptors (Lipinski definition) is 4. The molecule has 0 amide bonds. The van der Waals surface area contributed by atoms with Crippen molar-refractivity contribution in [3.8, 4) is 0 Å². The van der Waals surface area contributed by atoms with Gasteiger partial charge >= 0.3 is 0 Å². The summed E-state index contributed by atoms with van der Waals surface area (Å²) in [6, 6.07) is 0. The van der Waals surface area contributed by atoms with E-state index in [9.17, 15) is 0 Å². The van der Waals surface area contributed by atoms with Crippen LogP contribution in [0.25, 0.3) is 0 Å². The van der Waals surface area contributed by atoms with Crippen molar-refractivity contribution >= 4 is 11.5 Å². The minimum atomic E-state index is 0.407. The summed E-state index contributed by atoms with van der Waals surface area (Å²) >= 11 is 0. The van der Waals surface area contributed by atoms with Gasteiger partial charge in [0.25, 0.3) is 0 Å². The van der Waals surface area contributed by atoms with E-state index in [-0.39, 0.29) is 0 Å². The summed E-state index contributed by atoms with van der Waals surface area (Å²) in [4.78, 5) is 4.04. The molecule has 0 spiro atoms. The van der Waals surface area contributed by atoms with Crippen molar-refractivity contribution in [3.05, 3.63) is 11.5 Å². The summed E-state index contributed by atoms with van der Waals surface area (Å²) in [7, 11) is 0. The van der Waals surface area contributed by atoms with E-state index >= 15 is 0 Å². The Morgan fingerprint density at radius 3 is 2.67 bits per heavy atom. The quantitative estimate of drug-likeness (QED) is 0.378. The third kappa shape index (κ3) is 1.62. The largest absolute Gasteiger partial charge is 0.359 e. The van der Waals surface area contributed by atoms with Crippen molar-refractivity contribution in [2.75, 3.05) is 0 Å². The SMILES string of the molecule is CC(=Nc1c(C)noc1C)NO. The van der Waals surface area contributed by atoms with Crippen molar-refractivity contribution in [1.29, 1.82) is 0 Å². The Morgan fingerprint density at radius 2 is 2.25 bits per heavy atom. The standard InChI is InChI=1S/C7H11N3O2/c1-4-7(5(2)12-10-4)8-6(3)9-11/h11H,1-3H3,(H,8,9). The Bertz CT molecular complexity index is 284. The second kappa shape index (κ2) is 3.36. The number of rotatable bonds is 1. The molecule has 0 bridgehead atoms. The molecule has 66 valence electrons. The molecule has 1 heterocycles. The van der Waals surface area contributed by atoms with Crippen LogP contribution in [0.3, 0.4) is 0 Å². The summed E-state index contributed by atoms with van der Waals surface area (Å²) in [5, 5.41) is 12.2.